The number of sulfonamides is 1. The second kappa shape index (κ2) is 6.49. The number of aryl methyl sites for hydroxylation is 1. The van der Waals surface area contributed by atoms with Gasteiger partial charge in [-0.15, -0.1) is 11.3 Å². The van der Waals surface area contributed by atoms with Crippen LogP contribution in [-0.2, 0) is 19.6 Å². The van der Waals surface area contributed by atoms with Crippen molar-refractivity contribution in [3.05, 3.63) is 17.0 Å². The average Bonchev–Trinajstić information content (AvgIpc) is 2.81. The average molecular weight is 305 g/mol. The lowest BCUT2D eigenvalue weighted by molar-refractivity contribution is -0.143. The molecule has 0 bridgehead atoms. The molecule has 0 radical (unpaired) electrons. The van der Waals surface area contributed by atoms with E-state index in [1.165, 1.54) is 24.5 Å². The van der Waals surface area contributed by atoms with Crippen molar-refractivity contribution in [2.75, 3.05) is 7.11 Å². The van der Waals surface area contributed by atoms with Gasteiger partial charge in [0, 0.05) is 4.88 Å². The Bertz CT molecular complexity index is 536. The SMILES string of the molecule is CC[C@H](C)[C@H](NS(=O)(=O)c1ccc(C)s1)C(=O)OC. The summed E-state index contributed by atoms with van der Waals surface area (Å²) in [7, 11) is -2.43. The van der Waals surface area contributed by atoms with E-state index in [-0.39, 0.29) is 10.1 Å². The first-order valence-corrected chi connectivity index (χ1v) is 8.28. The molecule has 0 fully saturated rings. The van der Waals surface area contributed by atoms with Crippen molar-refractivity contribution in [2.24, 2.45) is 5.92 Å². The first-order valence-electron chi connectivity index (χ1n) is 5.98. The first-order chi connectivity index (χ1) is 8.81. The molecule has 0 saturated carbocycles. The number of hydrogen-bond acceptors (Lipinski definition) is 5. The van der Waals surface area contributed by atoms with Crippen LogP contribution in [0.5, 0.6) is 0 Å². The number of thiophene rings is 1. The minimum absolute atomic E-state index is 0.136. The highest BCUT2D eigenvalue weighted by Gasteiger charge is 2.30. The standard InChI is InChI=1S/C12H19NO4S2/c1-5-8(2)11(12(14)17-4)13-19(15,16)10-7-6-9(3)18-10/h6-8,11,13H,5H2,1-4H3/t8-,11-/m0/s1. The Morgan fingerprint density at radius 2 is 2.11 bits per heavy atom. The van der Waals surface area contributed by atoms with Crippen LogP contribution in [0, 0.1) is 12.8 Å². The maximum Gasteiger partial charge on any atom is 0.324 e. The zero-order valence-electron chi connectivity index (χ0n) is 11.5. The van der Waals surface area contributed by atoms with E-state index in [9.17, 15) is 13.2 Å². The molecule has 0 aliphatic heterocycles. The topological polar surface area (TPSA) is 72.5 Å². The lowest BCUT2D eigenvalue weighted by atomic mass is 10.0. The van der Waals surface area contributed by atoms with Crippen molar-refractivity contribution in [3.63, 3.8) is 0 Å². The fraction of sp³-hybridized carbons (Fsp3) is 0.583. The molecule has 7 heteroatoms. The molecule has 0 saturated heterocycles. The number of carbonyl (C=O) groups excluding carboxylic acids is 1. The van der Waals surface area contributed by atoms with Gasteiger partial charge in [0.05, 0.1) is 7.11 Å². The highest BCUT2D eigenvalue weighted by atomic mass is 32.2. The van der Waals surface area contributed by atoms with Gasteiger partial charge in [-0.3, -0.25) is 4.79 Å². The summed E-state index contributed by atoms with van der Waals surface area (Å²) < 4.78 is 31.7. The highest BCUT2D eigenvalue weighted by Crippen LogP contribution is 2.22. The lowest BCUT2D eigenvalue weighted by Crippen LogP contribution is -2.45. The second-order valence-electron chi connectivity index (χ2n) is 4.37. The lowest BCUT2D eigenvalue weighted by Gasteiger charge is -2.21. The Morgan fingerprint density at radius 3 is 2.53 bits per heavy atom. The van der Waals surface area contributed by atoms with Crippen LogP contribution in [-0.4, -0.2) is 27.5 Å². The molecular formula is C12H19NO4S2. The van der Waals surface area contributed by atoms with Crippen molar-refractivity contribution >= 4 is 27.3 Å². The molecule has 5 nitrogen and oxygen atoms in total. The van der Waals surface area contributed by atoms with Crippen molar-refractivity contribution in [3.8, 4) is 0 Å². The monoisotopic (exact) mass is 305 g/mol. The van der Waals surface area contributed by atoms with Crippen LogP contribution in [0.25, 0.3) is 0 Å². The van der Waals surface area contributed by atoms with E-state index in [0.29, 0.717) is 6.42 Å². The summed E-state index contributed by atoms with van der Waals surface area (Å²) in [6, 6.07) is 2.41. The molecule has 108 valence electrons. The molecule has 1 heterocycles. The zero-order valence-corrected chi connectivity index (χ0v) is 13.1. The van der Waals surface area contributed by atoms with Gasteiger partial charge in [0.2, 0.25) is 0 Å². The number of ether oxygens (including phenoxy) is 1. The normalized spacial score (nSPS) is 14.9. The minimum atomic E-state index is -3.68. The molecule has 0 amide bonds. The second-order valence-corrected chi connectivity index (χ2v) is 7.60. The predicted octanol–water partition coefficient (Wildman–Crippen LogP) is 1.92. The molecule has 0 aliphatic carbocycles. The molecule has 1 aromatic rings. The van der Waals surface area contributed by atoms with Gasteiger partial charge in [-0.2, -0.15) is 4.72 Å². The molecule has 19 heavy (non-hydrogen) atoms. The summed E-state index contributed by atoms with van der Waals surface area (Å²) in [4.78, 5) is 12.6. The number of hydrogen-bond donors (Lipinski definition) is 1. The van der Waals surface area contributed by atoms with Gasteiger partial charge < -0.3 is 4.74 Å². The Kier molecular flexibility index (Phi) is 5.51. The van der Waals surface area contributed by atoms with E-state index in [2.05, 4.69) is 9.46 Å². The number of carbonyl (C=O) groups is 1. The number of rotatable bonds is 6. The molecule has 1 rings (SSSR count). The highest BCUT2D eigenvalue weighted by molar-refractivity contribution is 7.91. The summed E-state index contributed by atoms with van der Waals surface area (Å²) in [5.41, 5.74) is 0. The molecule has 0 unspecified atom stereocenters. The summed E-state index contributed by atoms with van der Waals surface area (Å²) in [6.07, 6.45) is 0.672. The van der Waals surface area contributed by atoms with Crippen molar-refractivity contribution < 1.29 is 17.9 Å². The van der Waals surface area contributed by atoms with E-state index in [1.54, 1.807) is 6.07 Å². The van der Waals surface area contributed by atoms with E-state index < -0.39 is 22.0 Å². The third-order valence-electron chi connectivity index (χ3n) is 2.93. The van der Waals surface area contributed by atoms with Gasteiger partial charge in [-0.1, -0.05) is 20.3 Å². The molecule has 0 aromatic carbocycles. The first kappa shape index (κ1) is 16.1. The molecule has 1 aromatic heterocycles. The van der Waals surface area contributed by atoms with E-state index in [4.69, 9.17) is 0 Å². The van der Waals surface area contributed by atoms with Gasteiger partial charge >= 0.3 is 5.97 Å². The van der Waals surface area contributed by atoms with Gasteiger partial charge in [0.25, 0.3) is 10.0 Å². The van der Waals surface area contributed by atoms with Crippen LogP contribution in [0.4, 0.5) is 0 Å². The minimum Gasteiger partial charge on any atom is -0.468 e. The van der Waals surface area contributed by atoms with Gasteiger partial charge in [-0.05, 0) is 25.0 Å². The van der Waals surface area contributed by atoms with E-state index >= 15 is 0 Å². The summed E-state index contributed by atoms with van der Waals surface area (Å²) in [5.74, 6) is -0.700. The van der Waals surface area contributed by atoms with Crippen molar-refractivity contribution in [2.45, 2.75) is 37.4 Å². The Hall–Kier alpha value is -0.920. The fourth-order valence-corrected chi connectivity index (χ4v) is 4.13. The Morgan fingerprint density at radius 1 is 1.47 bits per heavy atom. The molecular weight excluding hydrogens is 286 g/mol. The molecule has 0 spiro atoms. The summed E-state index contributed by atoms with van der Waals surface area (Å²) >= 11 is 1.17. The molecule has 1 N–H and O–H groups in total. The van der Waals surface area contributed by atoms with Crippen LogP contribution in [0.15, 0.2) is 16.3 Å². The third kappa shape index (κ3) is 4.02. The van der Waals surface area contributed by atoms with Crippen molar-refractivity contribution in [1.29, 1.82) is 0 Å². The zero-order chi connectivity index (χ0) is 14.6. The van der Waals surface area contributed by atoms with E-state index in [1.807, 2.05) is 20.8 Å². The molecule has 2 atom stereocenters. The van der Waals surface area contributed by atoms with Gasteiger partial charge in [-0.25, -0.2) is 8.42 Å². The van der Waals surface area contributed by atoms with Gasteiger partial charge in [0.1, 0.15) is 10.3 Å². The quantitative estimate of drug-likeness (QED) is 0.815. The van der Waals surface area contributed by atoms with Crippen LogP contribution in [0.2, 0.25) is 0 Å². The predicted molar refractivity (Wildman–Crippen MR) is 74.6 cm³/mol. The molecule has 0 aliphatic rings. The van der Waals surface area contributed by atoms with Crippen molar-refractivity contribution in [1.82, 2.24) is 4.72 Å². The summed E-state index contributed by atoms with van der Waals surface area (Å²) in [6.45, 7) is 5.53. The van der Waals surface area contributed by atoms with Crippen LogP contribution < -0.4 is 4.72 Å². The number of nitrogens with one attached hydrogen (secondary N) is 1. The van der Waals surface area contributed by atoms with E-state index in [0.717, 1.165) is 4.88 Å². The van der Waals surface area contributed by atoms with Crippen LogP contribution in [0.3, 0.4) is 0 Å². The van der Waals surface area contributed by atoms with Crippen LogP contribution >= 0.6 is 11.3 Å². The summed E-state index contributed by atoms with van der Waals surface area (Å²) in [5, 5.41) is 0. The largest absolute Gasteiger partial charge is 0.468 e. The number of methoxy groups -OCH3 is 1. The third-order valence-corrected chi connectivity index (χ3v) is 5.86. The smallest absolute Gasteiger partial charge is 0.324 e. The maximum atomic E-state index is 12.2. The number of esters is 1. The Balaban J connectivity index is 2.98. The van der Waals surface area contributed by atoms with Crippen LogP contribution in [0.1, 0.15) is 25.1 Å². The van der Waals surface area contributed by atoms with Gasteiger partial charge in [0.15, 0.2) is 0 Å². The fourth-order valence-electron chi connectivity index (χ4n) is 1.54. The Labute approximate surface area is 118 Å². The maximum absolute atomic E-state index is 12.2.